The van der Waals surface area contributed by atoms with E-state index in [-0.39, 0.29) is 36.0 Å². The van der Waals surface area contributed by atoms with Gasteiger partial charge in [-0.15, -0.1) is 5.10 Å². The van der Waals surface area contributed by atoms with Crippen molar-refractivity contribution in [1.29, 1.82) is 0 Å². The van der Waals surface area contributed by atoms with Crippen molar-refractivity contribution in [3.05, 3.63) is 80.9 Å². The van der Waals surface area contributed by atoms with E-state index < -0.39 is 27.3 Å². The van der Waals surface area contributed by atoms with Crippen LogP contribution in [0, 0.1) is 0 Å². The Bertz CT molecular complexity index is 1610. The Balaban J connectivity index is 1.34. The molecule has 14 heteroatoms. The fraction of sp³-hybridized carbons (Fsp3) is 0.304. The second-order valence-corrected chi connectivity index (χ2v) is 11.0. The maximum Gasteiger partial charge on any atom is 0.416 e. The van der Waals surface area contributed by atoms with E-state index in [2.05, 4.69) is 20.3 Å². The average Bonchev–Trinajstić information content (AvgIpc) is 3.28. The molecular formula is C23H20ClF3N6O3S. The van der Waals surface area contributed by atoms with Gasteiger partial charge in [0.15, 0.2) is 11.2 Å². The topological polar surface area (TPSA) is 114 Å². The van der Waals surface area contributed by atoms with Crippen LogP contribution in [0.5, 0.6) is 0 Å². The minimum Gasteiger partial charge on any atom is -0.308 e. The molecule has 0 saturated carbocycles. The van der Waals surface area contributed by atoms with Crippen molar-refractivity contribution in [2.75, 3.05) is 13.1 Å². The second-order valence-electron chi connectivity index (χ2n) is 8.66. The van der Waals surface area contributed by atoms with Gasteiger partial charge in [-0.25, -0.2) is 18.1 Å². The number of fused-ring (bicyclic) bond motifs is 1. The molecule has 0 radical (unpaired) electrons. The van der Waals surface area contributed by atoms with Gasteiger partial charge in [0.25, 0.3) is 5.56 Å². The Morgan fingerprint density at radius 3 is 2.38 bits per heavy atom. The van der Waals surface area contributed by atoms with Crippen LogP contribution in [0.1, 0.15) is 35.7 Å². The molecule has 9 nitrogen and oxygen atoms in total. The van der Waals surface area contributed by atoms with Gasteiger partial charge in [0, 0.05) is 24.0 Å². The summed E-state index contributed by atoms with van der Waals surface area (Å²) in [5.74, 6) is 0.159. The Labute approximate surface area is 213 Å². The molecule has 37 heavy (non-hydrogen) atoms. The predicted molar refractivity (Wildman–Crippen MR) is 129 cm³/mol. The van der Waals surface area contributed by atoms with Crippen LogP contribution in [0.15, 0.2) is 58.2 Å². The number of benzene rings is 2. The first-order valence-electron chi connectivity index (χ1n) is 11.3. The van der Waals surface area contributed by atoms with Gasteiger partial charge in [0.1, 0.15) is 5.82 Å². The molecule has 0 unspecified atom stereocenters. The number of hydrogen-bond donors (Lipinski definition) is 1. The summed E-state index contributed by atoms with van der Waals surface area (Å²) in [7, 11) is -3.97. The number of piperidine rings is 1. The molecule has 5 rings (SSSR count). The summed E-state index contributed by atoms with van der Waals surface area (Å²) >= 11 is 6.25. The lowest BCUT2D eigenvalue weighted by molar-refractivity contribution is -0.137. The normalized spacial score (nSPS) is 15.9. The van der Waals surface area contributed by atoms with Crippen molar-refractivity contribution >= 4 is 32.8 Å². The van der Waals surface area contributed by atoms with E-state index in [9.17, 15) is 26.4 Å². The van der Waals surface area contributed by atoms with E-state index in [1.54, 1.807) is 12.1 Å². The molecule has 1 fully saturated rings. The average molecular weight is 553 g/mol. The molecule has 4 aromatic rings. The number of nitrogens with zero attached hydrogens (tertiary/aromatic N) is 5. The molecule has 0 spiro atoms. The minimum atomic E-state index is -4.55. The lowest BCUT2D eigenvalue weighted by Gasteiger charge is -2.30. The van der Waals surface area contributed by atoms with Crippen molar-refractivity contribution in [2.24, 2.45) is 0 Å². The van der Waals surface area contributed by atoms with Crippen molar-refractivity contribution in [2.45, 2.75) is 36.4 Å². The number of sulfonamides is 1. The molecule has 2 aromatic carbocycles. The highest BCUT2D eigenvalue weighted by atomic mass is 35.5. The smallest absolute Gasteiger partial charge is 0.308 e. The third kappa shape index (κ3) is 4.98. The maximum absolute atomic E-state index is 13.0. The van der Waals surface area contributed by atoms with Crippen LogP contribution < -0.4 is 5.56 Å². The highest BCUT2D eigenvalue weighted by molar-refractivity contribution is 7.89. The van der Waals surface area contributed by atoms with E-state index >= 15 is 0 Å². The van der Waals surface area contributed by atoms with Crippen LogP contribution in [-0.2, 0) is 22.7 Å². The third-order valence-electron chi connectivity index (χ3n) is 6.33. The minimum absolute atomic E-state index is 0.0816. The number of halogens is 4. The highest BCUT2D eigenvalue weighted by Crippen LogP contribution is 2.32. The Morgan fingerprint density at radius 2 is 1.73 bits per heavy atom. The molecule has 2 aromatic heterocycles. The van der Waals surface area contributed by atoms with Crippen molar-refractivity contribution < 1.29 is 21.6 Å². The second kappa shape index (κ2) is 9.54. The van der Waals surface area contributed by atoms with Crippen LogP contribution in [0.4, 0.5) is 13.2 Å². The van der Waals surface area contributed by atoms with E-state index in [1.807, 2.05) is 12.1 Å². The van der Waals surface area contributed by atoms with Gasteiger partial charge in [0.05, 0.1) is 17.0 Å². The standard InChI is InChI=1S/C23H20ClF3N6O3S/c24-18-4-2-1-3-15(18)13-33-21-19(30-31-33)22(34)29-20(28-21)14-9-11-32(12-10-14)37(35,36)17-7-5-16(6-8-17)23(25,26)27/h1-8,14H,9-13H2,(H,28,29,34). The first-order valence-corrected chi connectivity index (χ1v) is 13.1. The Hall–Kier alpha value is -3.29. The molecule has 0 aliphatic carbocycles. The van der Waals surface area contributed by atoms with Gasteiger partial charge in [-0.3, -0.25) is 4.79 Å². The fourth-order valence-electron chi connectivity index (χ4n) is 4.31. The van der Waals surface area contributed by atoms with Gasteiger partial charge in [0.2, 0.25) is 10.0 Å². The molecule has 1 N–H and O–H groups in total. The largest absolute Gasteiger partial charge is 0.416 e. The van der Waals surface area contributed by atoms with E-state index in [0.29, 0.717) is 29.3 Å². The number of rotatable bonds is 5. The van der Waals surface area contributed by atoms with Gasteiger partial charge < -0.3 is 4.98 Å². The van der Waals surface area contributed by atoms with Crippen molar-refractivity contribution in [3.63, 3.8) is 0 Å². The summed E-state index contributed by atoms with van der Waals surface area (Å²) in [5, 5.41) is 8.52. The zero-order valence-electron chi connectivity index (χ0n) is 19.1. The van der Waals surface area contributed by atoms with Gasteiger partial charge in [-0.1, -0.05) is 35.0 Å². The fourth-order valence-corrected chi connectivity index (χ4v) is 5.97. The van der Waals surface area contributed by atoms with E-state index in [4.69, 9.17) is 11.6 Å². The van der Waals surface area contributed by atoms with Crippen molar-refractivity contribution in [1.82, 2.24) is 29.3 Å². The number of aromatic amines is 1. The summed E-state index contributed by atoms with van der Waals surface area (Å²) in [4.78, 5) is 19.8. The van der Waals surface area contributed by atoms with Gasteiger partial charge in [-0.05, 0) is 48.7 Å². The number of aromatic nitrogens is 5. The summed E-state index contributed by atoms with van der Waals surface area (Å²) in [6, 6.07) is 10.6. The third-order valence-corrected chi connectivity index (χ3v) is 8.61. The lowest BCUT2D eigenvalue weighted by Crippen LogP contribution is -2.38. The number of nitrogens with one attached hydrogen (secondary N) is 1. The zero-order valence-corrected chi connectivity index (χ0v) is 20.7. The van der Waals surface area contributed by atoms with Crippen LogP contribution in [0.2, 0.25) is 5.02 Å². The van der Waals surface area contributed by atoms with Crippen molar-refractivity contribution in [3.8, 4) is 0 Å². The molecule has 0 amide bonds. The predicted octanol–water partition coefficient (Wildman–Crippen LogP) is 3.80. The quantitative estimate of drug-likeness (QED) is 0.403. The molecule has 1 aliphatic heterocycles. The first-order chi connectivity index (χ1) is 17.5. The molecule has 1 aliphatic rings. The highest BCUT2D eigenvalue weighted by Gasteiger charge is 2.33. The monoisotopic (exact) mass is 552 g/mol. The maximum atomic E-state index is 13.0. The van der Waals surface area contributed by atoms with E-state index in [0.717, 1.165) is 29.8 Å². The zero-order chi connectivity index (χ0) is 26.4. The Morgan fingerprint density at radius 1 is 1.05 bits per heavy atom. The summed E-state index contributed by atoms with van der Waals surface area (Å²) < 4.78 is 67.1. The molecule has 0 bridgehead atoms. The Kier molecular flexibility index (Phi) is 6.54. The SMILES string of the molecule is O=c1[nH]c(C2CCN(S(=O)(=O)c3ccc(C(F)(F)F)cc3)CC2)nc2c1nnn2Cc1ccccc1Cl. The molecular weight excluding hydrogens is 533 g/mol. The van der Waals surface area contributed by atoms with Crippen LogP contribution in [0.25, 0.3) is 11.2 Å². The summed E-state index contributed by atoms with van der Waals surface area (Å²) in [5.41, 5.74) is -0.220. The number of alkyl halides is 3. The number of H-pyrrole nitrogens is 1. The van der Waals surface area contributed by atoms with Gasteiger partial charge >= 0.3 is 6.18 Å². The van der Waals surface area contributed by atoms with Crippen LogP contribution in [-0.4, -0.2) is 50.8 Å². The molecule has 3 heterocycles. The lowest BCUT2D eigenvalue weighted by atomic mass is 9.97. The summed E-state index contributed by atoms with van der Waals surface area (Å²) in [6.07, 6.45) is -3.83. The van der Waals surface area contributed by atoms with E-state index in [1.165, 1.54) is 8.99 Å². The number of hydrogen-bond acceptors (Lipinski definition) is 6. The molecule has 1 saturated heterocycles. The first kappa shape index (κ1) is 25.4. The summed E-state index contributed by atoms with van der Waals surface area (Å²) in [6.45, 7) is 0.496. The van der Waals surface area contributed by atoms with Gasteiger partial charge in [-0.2, -0.15) is 17.5 Å². The van der Waals surface area contributed by atoms with Crippen LogP contribution in [0.3, 0.4) is 0 Å². The molecule has 194 valence electrons. The molecule has 0 atom stereocenters. The van der Waals surface area contributed by atoms with Crippen LogP contribution >= 0.6 is 11.6 Å².